The molecule has 0 fully saturated rings. The van der Waals surface area contributed by atoms with Gasteiger partial charge in [-0.05, 0) is 63.1 Å². The third-order valence-corrected chi connectivity index (χ3v) is 4.64. The van der Waals surface area contributed by atoms with E-state index in [2.05, 4.69) is 26.7 Å². The second-order valence-corrected chi connectivity index (χ2v) is 6.22. The van der Waals surface area contributed by atoms with Crippen LogP contribution in [-0.2, 0) is 12.8 Å². The molecule has 118 valence electrons. The predicted octanol–water partition coefficient (Wildman–Crippen LogP) is 3.09. The average Bonchev–Trinajstić information content (AvgIpc) is 2.93. The van der Waals surface area contributed by atoms with Crippen molar-refractivity contribution in [2.75, 3.05) is 12.4 Å². The molecule has 0 amide bonds. The van der Waals surface area contributed by atoms with E-state index in [-0.39, 0.29) is 0 Å². The van der Waals surface area contributed by atoms with Gasteiger partial charge < -0.3 is 15.6 Å². The smallest absolute Gasteiger partial charge is 0.140 e. The number of anilines is 2. The zero-order chi connectivity index (χ0) is 15.8. The Morgan fingerprint density at radius 3 is 2.91 bits per heavy atom. The Morgan fingerprint density at radius 2 is 2.13 bits per heavy atom. The van der Waals surface area contributed by atoms with Crippen molar-refractivity contribution < 1.29 is 0 Å². The Kier molecular flexibility index (Phi) is 3.50. The number of hydrogen-bond donors (Lipinski definition) is 3. The number of H-pyrrole nitrogens is 1. The molecule has 3 N–H and O–H groups in total. The van der Waals surface area contributed by atoms with Crippen LogP contribution in [0.2, 0.25) is 0 Å². The zero-order valence-electron chi connectivity index (χ0n) is 13.5. The molecule has 1 aliphatic rings. The lowest BCUT2D eigenvalue weighted by molar-refractivity contribution is 0.495. The summed E-state index contributed by atoms with van der Waals surface area (Å²) in [6.45, 7) is 1.98. The highest BCUT2D eigenvalue weighted by molar-refractivity contribution is 5.83. The van der Waals surface area contributed by atoms with Crippen molar-refractivity contribution >= 4 is 22.5 Å². The first kappa shape index (κ1) is 14.2. The van der Waals surface area contributed by atoms with E-state index in [0.29, 0.717) is 6.04 Å². The maximum absolute atomic E-state index is 4.73. The summed E-state index contributed by atoms with van der Waals surface area (Å²) in [6.07, 6.45) is 5.17. The van der Waals surface area contributed by atoms with Crippen LogP contribution in [0.1, 0.15) is 23.4 Å². The molecular weight excluding hydrogens is 286 g/mol. The topological polar surface area (TPSA) is 65.6 Å². The van der Waals surface area contributed by atoms with E-state index in [9.17, 15) is 0 Å². The van der Waals surface area contributed by atoms with Gasteiger partial charge in [0.25, 0.3) is 0 Å². The van der Waals surface area contributed by atoms with Crippen LogP contribution >= 0.6 is 0 Å². The van der Waals surface area contributed by atoms with Gasteiger partial charge in [0.05, 0.1) is 11.9 Å². The van der Waals surface area contributed by atoms with Gasteiger partial charge in [-0.3, -0.25) is 4.98 Å². The summed E-state index contributed by atoms with van der Waals surface area (Å²) in [4.78, 5) is 12.5. The van der Waals surface area contributed by atoms with Crippen molar-refractivity contribution in [1.82, 2.24) is 20.3 Å². The standard InChI is InChI=1S/C18H21N5/c1-11-3-4-13(10-20-11)21-17-8-6-14-15-9-12(19-2)5-7-16(15)22-18(14)23-17/h3-4,6,8,10,12,19H,5,7,9H2,1-2H3,(H2,21,22,23). The van der Waals surface area contributed by atoms with E-state index >= 15 is 0 Å². The van der Waals surface area contributed by atoms with Crippen molar-refractivity contribution in [2.24, 2.45) is 0 Å². The number of nitrogens with zero attached hydrogens (tertiary/aromatic N) is 2. The number of aryl methyl sites for hydroxylation is 2. The molecule has 5 heteroatoms. The molecule has 3 aromatic heterocycles. The van der Waals surface area contributed by atoms with Gasteiger partial charge in [0.1, 0.15) is 11.5 Å². The molecule has 0 saturated heterocycles. The fourth-order valence-corrected chi connectivity index (χ4v) is 3.30. The Bertz CT molecular complexity index is 834. The van der Waals surface area contributed by atoms with Gasteiger partial charge in [-0.15, -0.1) is 0 Å². The number of pyridine rings is 2. The summed E-state index contributed by atoms with van der Waals surface area (Å²) >= 11 is 0. The van der Waals surface area contributed by atoms with Crippen LogP contribution in [0.15, 0.2) is 30.5 Å². The number of likely N-dealkylation sites (N-methyl/N-ethyl adjacent to an activating group) is 1. The summed E-state index contributed by atoms with van der Waals surface area (Å²) in [5.41, 5.74) is 5.69. The van der Waals surface area contributed by atoms with E-state index in [1.54, 1.807) is 0 Å². The molecule has 0 aromatic carbocycles. The maximum atomic E-state index is 4.73. The largest absolute Gasteiger partial charge is 0.343 e. The average molecular weight is 307 g/mol. The molecule has 5 nitrogen and oxygen atoms in total. The van der Waals surface area contributed by atoms with E-state index < -0.39 is 0 Å². The van der Waals surface area contributed by atoms with E-state index in [0.717, 1.165) is 35.7 Å². The Hall–Kier alpha value is -2.40. The quantitative estimate of drug-likeness (QED) is 0.696. The van der Waals surface area contributed by atoms with Crippen LogP contribution in [0.25, 0.3) is 11.0 Å². The van der Waals surface area contributed by atoms with Gasteiger partial charge in [0, 0.05) is 22.8 Å². The van der Waals surface area contributed by atoms with E-state index in [4.69, 9.17) is 4.98 Å². The van der Waals surface area contributed by atoms with Crippen molar-refractivity contribution in [3.05, 3.63) is 47.4 Å². The van der Waals surface area contributed by atoms with Gasteiger partial charge in [-0.2, -0.15) is 0 Å². The minimum atomic E-state index is 0.568. The molecule has 0 spiro atoms. The zero-order valence-corrected chi connectivity index (χ0v) is 13.5. The van der Waals surface area contributed by atoms with Crippen molar-refractivity contribution in [3.8, 4) is 0 Å². The van der Waals surface area contributed by atoms with Gasteiger partial charge in [0.15, 0.2) is 0 Å². The minimum absolute atomic E-state index is 0.568. The summed E-state index contributed by atoms with van der Waals surface area (Å²) in [5, 5.41) is 7.95. The predicted molar refractivity (Wildman–Crippen MR) is 93.2 cm³/mol. The Labute approximate surface area is 135 Å². The number of aromatic amines is 1. The summed E-state index contributed by atoms with van der Waals surface area (Å²) in [5.74, 6) is 0.840. The maximum Gasteiger partial charge on any atom is 0.140 e. The second-order valence-electron chi connectivity index (χ2n) is 6.22. The molecule has 4 rings (SSSR count). The van der Waals surface area contributed by atoms with Crippen LogP contribution in [0, 0.1) is 6.92 Å². The first-order valence-corrected chi connectivity index (χ1v) is 8.10. The molecule has 0 bridgehead atoms. The second kappa shape index (κ2) is 5.66. The highest BCUT2D eigenvalue weighted by Gasteiger charge is 2.21. The molecule has 0 radical (unpaired) electrons. The van der Waals surface area contributed by atoms with E-state index in [1.165, 1.54) is 23.1 Å². The van der Waals surface area contributed by atoms with Gasteiger partial charge in [0.2, 0.25) is 0 Å². The lowest BCUT2D eigenvalue weighted by atomic mass is 9.92. The van der Waals surface area contributed by atoms with Gasteiger partial charge in [-0.25, -0.2) is 4.98 Å². The number of nitrogens with one attached hydrogen (secondary N) is 3. The first-order chi connectivity index (χ1) is 11.2. The van der Waals surface area contributed by atoms with Crippen molar-refractivity contribution in [2.45, 2.75) is 32.2 Å². The monoisotopic (exact) mass is 307 g/mol. The van der Waals surface area contributed by atoms with Gasteiger partial charge in [-0.1, -0.05) is 0 Å². The summed E-state index contributed by atoms with van der Waals surface area (Å²) < 4.78 is 0. The highest BCUT2D eigenvalue weighted by atomic mass is 15.0. The molecular formula is C18H21N5. The molecule has 1 atom stereocenters. The third kappa shape index (κ3) is 2.68. The normalized spacial score (nSPS) is 17.2. The molecule has 0 saturated carbocycles. The summed E-state index contributed by atoms with van der Waals surface area (Å²) in [7, 11) is 2.04. The molecule has 0 aliphatic heterocycles. The molecule has 3 aromatic rings. The minimum Gasteiger partial charge on any atom is -0.343 e. The Morgan fingerprint density at radius 1 is 1.22 bits per heavy atom. The molecule has 3 heterocycles. The lowest BCUT2D eigenvalue weighted by Crippen LogP contribution is -2.31. The highest BCUT2D eigenvalue weighted by Crippen LogP contribution is 2.29. The lowest BCUT2D eigenvalue weighted by Gasteiger charge is -2.21. The SMILES string of the molecule is CNC1CCc2[nH]c3nc(Nc4ccc(C)nc4)ccc3c2C1. The molecule has 1 unspecified atom stereocenters. The fraction of sp³-hybridized carbons (Fsp3) is 0.333. The summed E-state index contributed by atoms with van der Waals surface area (Å²) in [6, 6.07) is 8.79. The van der Waals surface area contributed by atoms with Crippen LogP contribution < -0.4 is 10.6 Å². The number of hydrogen-bond acceptors (Lipinski definition) is 4. The van der Waals surface area contributed by atoms with E-state index in [1.807, 2.05) is 38.4 Å². The number of rotatable bonds is 3. The van der Waals surface area contributed by atoms with Crippen molar-refractivity contribution in [3.63, 3.8) is 0 Å². The van der Waals surface area contributed by atoms with Crippen LogP contribution in [0.4, 0.5) is 11.5 Å². The molecule has 1 aliphatic carbocycles. The van der Waals surface area contributed by atoms with Crippen LogP contribution in [0.3, 0.4) is 0 Å². The number of aromatic nitrogens is 3. The van der Waals surface area contributed by atoms with Crippen LogP contribution in [-0.4, -0.2) is 28.0 Å². The third-order valence-electron chi connectivity index (χ3n) is 4.64. The Balaban J connectivity index is 1.65. The fourth-order valence-electron chi connectivity index (χ4n) is 3.30. The van der Waals surface area contributed by atoms with Crippen LogP contribution in [0.5, 0.6) is 0 Å². The molecule has 23 heavy (non-hydrogen) atoms. The van der Waals surface area contributed by atoms with Crippen molar-refractivity contribution in [1.29, 1.82) is 0 Å². The number of fused-ring (bicyclic) bond motifs is 3. The van der Waals surface area contributed by atoms with Gasteiger partial charge >= 0.3 is 0 Å². The first-order valence-electron chi connectivity index (χ1n) is 8.10.